The highest BCUT2D eigenvalue weighted by Gasteiger charge is 2.27. The van der Waals surface area contributed by atoms with E-state index >= 15 is 0 Å². The van der Waals surface area contributed by atoms with Gasteiger partial charge in [0.25, 0.3) is 0 Å². The van der Waals surface area contributed by atoms with E-state index in [0.29, 0.717) is 11.3 Å². The van der Waals surface area contributed by atoms with Crippen LogP contribution in [-0.4, -0.2) is 25.8 Å². The first kappa shape index (κ1) is 17.0. The third kappa shape index (κ3) is 7.31. The highest BCUT2D eigenvalue weighted by molar-refractivity contribution is 4.81. The van der Waals surface area contributed by atoms with Gasteiger partial charge in [-0.25, -0.2) is 0 Å². The average molecular weight is 269 g/mol. The molecule has 0 aromatic heterocycles. The molecule has 2 nitrogen and oxygen atoms in total. The Bertz CT molecular complexity index is 232. The lowest BCUT2D eigenvalue weighted by molar-refractivity contribution is 0.109. The maximum absolute atomic E-state index is 5.63. The molecule has 0 heterocycles. The zero-order chi connectivity index (χ0) is 14.3. The van der Waals surface area contributed by atoms with Crippen molar-refractivity contribution in [2.45, 2.75) is 72.8 Å². The van der Waals surface area contributed by atoms with Crippen LogP contribution < -0.4 is 5.32 Å². The monoisotopic (exact) mass is 269 g/mol. The molecule has 0 spiro atoms. The van der Waals surface area contributed by atoms with Gasteiger partial charge in [0.15, 0.2) is 0 Å². The van der Waals surface area contributed by atoms with E-state index in [9.17, 15) is 0 Å². The lowest BCUT2D eigenvalue weighted by Gasteiger charge is -2.29. The molecule has 1 aliphatic carbocycles. The third-order valence-corrected chi connectivity index (χ3v) is 4.32. The van der Waals surface area contributed by atoms with Crippen molar-refractivity contribution in [1.82, 2.24) is 5.32 Å². The molecule has 0 aromatic carbocycles. The van der Waals surface area contributed by atoms with Crippen LogP contribution >= 0.6 is 0 Å². The Morgan fingerprint density at radius 1 is 1.11 bits per heavy atom. The molecule has 2 unspecified atom stereocenters. The van der Waals surface area contributed by atoms with Crippen LogP contribution in [-0.2, 0) is 4.74 Å². The smallest absolute Gasteiger partial charge is 0.0591 e. The molecule has 1 rings (SSSR count). The summed E-state index contributed by atoms with van der Waals surface area (Å²) in [6.45, 7) is 14.3. The van der Waals surface area contributed by atoms with Crippen molar-refractivity contribution >= 4 is 0 Å². The van der Waals surface area contributed by atoms with Crippen LogP contribution in [0.15, 0.2) is 0 Å². The van der Waals surface area contributed by atoms with Crippen LogP contribution in [0.3, 0.4) is 0 Å². The molecule has 0 amide bonds. The minimum atomic E-state index is 0.481. The highest BCUT2D eigenvalue weighted by atomic mass is 16.5. The van der Waals surface area contributed by atoms with E-state index in [-0.39, 0.29) is 0 Å². The average Bonchev–Trinajstić information content (AvgIpc) is 2.53. The molecule has 0 bridgehead atoms. The van der Waals surface area contributed by atoms with E-state index in [0.717, 1.165) is 31.7 Å². The van der Waals surface area contributed by atoms with Crippen LogP contribution in [0.5, 0.6) is 0 Å². The number of hydrogen-bond acceptors (Lipinski definition) is 2. The van der Waals surface area contributed by atoms with E-state index in [2.05, 4.69) is 39.9 Å². The number of ether oxygens (including phenoxy) is 1. The quantitative estimate of drug-likeness (QED) is 0.575. The number of nitrogens with one attached hydrogen (secondary N) is 1. The first-order valence-corrected chi connectivity index (χ1v) is 8.20. The van der Waals surface area contributed by atoms with Gasteiger partial charge in [-0.1, -0.05) is 41.0 Å². The summed E-state index contributed by atoms with van der Waals surface area (Å²) < 4.78 is 5.63. The van der Waals surface area contributed by atoms with Crippen molar-refractivity contribution in [1.29, 1.82) is 0 Å². The van der Waals surface area contributed by atoms with Crippen molar-refractivity contribution in [3.8, 4) is 0 Å². The molecule has 0 aliphatic heterocycles. The summed E-state index contributed by atoms with van der Waals surface area (Å²) in [6, 6.07) is 0.718. The second kappa shape index (κ2) is 8.26. The molecule has 1 aliphatic rings. The fourth-order valence-corrected chi connectivity index (χ4v) is 3.03. The summed E-state index contributed by atoms with van der Waals surface area (Å²) >= 11 is 0. The molecule has 1 saturated carbocycles. The van der Waals surface area contributed by atoms with Crippen LogP contribution in [0, 0.1) is 17.3 Å². The third-order valence-electron chi connectivity index (χ3n) is 4.32. The lowest BCUT2D eigenvalue weighted by atomic mass is 9.76. The Kier molecular flexibility index (Phi) is 7.38. The normalized spacial score (nSPS) is 25.6. The highest BCUT2D eigenvalue weighted by Crippen LogP contribution is 2.36. The van der Waals surface area contributed by atoms with Gasteiger partial charge in [0, 0.05) is 19.2 Å². The maximum Gasteiger partial charge on any atom is 0.0591 e. The Labute approximate surface area is 120 Å². The largest absolute Gasteiger partial charge is 0.380 e. The maximum atomic E-state index is 5.63. The Hall–Kier alpha value is -0.0800. The number of hydrogen-bond donors (Lipinski definition) is 1. The fraction of sp³-hybridized carbons (Fsp3) is 1.00. The van der Waals surface area contributed by atoms with Gasteiger partial charge in [-0.3, -0.25) is 0 Å². The Balaban J connectivity index is 2.15. The predicted octanol–water partition coefficient (Wildman–Crippen LogP) is 4.24. The lowest BCUT2D eigenvalue weighted by Crippen LogP contribution is -2.32. The van der Waals surface area contributed by atoms with Gasteiger partial charge in [-0.2, -0.15) is 0 Å². The second-order valence-corrected chi connectivity index (χ2v) is 7.69. The standard InChI is InChI=1S/C17H35NO/c1-14(2)13-19-12-11-18-16-8-6-7-15(9-10-16)17(3,4)5/h14-16,18H,6-13H2,1-5H3. The topological polar surface area (TPSA) is 21.3 Å². The van der Waals surface area contributed by atoms with E-state index in [1.54, 1.807) is 0 Å². The van der Waals surface area contributed by atoms with Crippen molar-refractivity contribution in [2.24, 2.45) is 17.3 Å². The fourth-order valence-electron chi connectivity index (χ4n) is 3.03. The molecular weight excluding hydrogens is 234 g/mol. The first-order chi connectivity index (χ1) is 8.89. The molecule has 2 atom stereocenters. The summed E-state index contributed by atoms with van der Waals surface area (Å²) in [7, 11) is 0. The van der Waals surface area contributed by atoms with Crippen molar-refractivity contribution in [3.63, 3.8) is 0 Å². The summed E-state index contributed by atoms with van der Waals surface area (Å²) in [6.07, 6.45) is 6.86. The van der Waals surface area contributed by atoms with Gasteiger partial charge < -0.3 is 10.1 Å². The van der Waals surface area contributed by atoms with Crippen LogP contribution in [0.4, 0.5) is 0 Å². The first-order valence-electron chi connectivity index (χ1n) is 8.20. The Morgan fingerprint density at radius 3 is 2.47 bits per heavy atom. The Morgan fingerprint density at radius 2 is 1.84 bits per heavy atom. The summed E-state index contributed by atoms with van der Waals surface area (Å²) in [5, 5.41) is 3.68. The van der Waals surface area contributed by atoms with Gasteiger partial charge >= 0.3 is 0 Å². The van der Waals surface area contributed by atoms with Gasteiger partial charge in [0.05, 0.1) is 6.61 Å². The van der Waals surface area contributed by atoms with Gasteiger partial charge in [0.1, 0.15) is 0 Å². The zero-order valence-corrected chi connectivity index (χ0v) is 13.8. The number of rotatable bonds is 6. The minimum absolute atomic E-state index is 0.481. The molecule has 1 N–H and O–H groups in total. The molecule has 114 valence electrons. The van der Waals surface area contributed by atoms with E-state index in [1.165, 1.54) is 32.1 Å². The zero-order valence-electron chi connectivity index (χ0n) is 13.8. The molecule has 0 radical (unpaired) electrons. The molecule has 19 heavy (non-hydrogen) atoms. The van der Waals surface area contributed by atoms with Crippen LogP contribution in [0.1, 0.15) is 66.7 Å². The molecule has 1 fully saturated rings. The van der Waals surface area contributed by atoms with Gasteiger partial charge in [-0.15, -0.1) is 0 Å². The minimum Gasteiger partial charge on any atom is -0.380 e. The van der Waals surface area contributed by atoms with Crippen LogP contribution in [0.2, 0.25) is 0 Å². The second-order valence-electron chi connectivity index (χ2n) is 7.69. The molecule has 0 saturated heterocycles. The van der Waals surface area contributed by atoms with Crippen molar-refractivity contribution in [2.75, 3.05) is 19.8 Å². The van der Waals surface area contributed by atoms with E-state index < -0.39 is 0 Å². The van der Waals surface area contributed by atoms with Crippen molar-refractivity contribution < 1.29 is 4.74 Å². The summed E-state index contributed by atoms with van der Waals surface area (Å²) in [5.41, 5.74) is 0.481. The van der Waals surface area contributed by atoms with Gasteiger partial charge in [-0.05, 0) is 42.9 Å². The summed E-state index contributed by atoms with van der Waals surface area (Å²) in [5.74, 6) is 1.54. The SMILES string of the molecule is CC(C)COCCNC1CCCC(C(C)(C)C)CC1. The molecule has 2 heteroatoms. The van der Waals surface area contributed by atoms with E-state index in [1.807, 2.05) is 0 Å². The molecule has 0 aromatic rings. The van der Waals surface area contributed by atoms with Crippen molar-refractivity contribution in [3.05, 3.63) is 0 Å². The summed E-state index contributed by atoms with van der Waals surface area (Å²) in [4.78, 5) is 0. The van der Waals surface area contributed by atoms with Crippen LogP contribution in [0.25, 0.3) is 0 Å². The molecular formula is C17H35NO. The van der Waals surface area contributed by atoms with Gasteiger partial charge in [0.2, 0.25) is 0 Å². The van der Waals surface area contributed by atoms with E-state index in [4.69, 9.17) is 4.74 Å². The predicted molar refractivity (Wildman–Crippen MR) is 83.5 cm³/mol.